The van der Waals surface area contributed by atoms with Gasteiger partial charge in [0.2, 0.25) is 0 Å². The Morgan fingerprint density at radius 2 is 1.94 bits per heavy atom. The molecule has 16 heavy (non-hydrogen) atoms. The van der Waals surface area contributed by atoms with E-state index in [-0.39, 0.29) is 5.41 Å². The number of hydrogen-bond acceptors (Lipinski definition) is 1. The van der Waals surface area contributed by atoms with Crippen molar-refractivity contribution in [2.75, 3.05) is 6.54 Å². The van der Waals surface area contributed by atoms with Crippen molar-refractivity contribution in [2.24, 2.45) is 5.73 Å². The van der Waals surface area contributed by atoms with Crippen molar-refractivity contribution in [2.45, 2.75) is 37.3 Å². The molecule has 0 radical (unpaired) electrons. The van der Waals surface area contributed by atoms with Crippen molar-refractivity contribution in [3.63, 3.8) is 0 Å². The Labute approximate surface area is 104 Å². The summed E-state index contributed by atoms with van der Waals surface area (Å²) in [6, 6.07) is 8.11. The fraction of sp³-hybridized carbons (Fsp3) is 0.538. The number of alkyl halides is 1. The zero-order valence-corrected chi connectivity index (χ0v) is 11.1. The van der Waals surface area contributed by atoms with Gasteiger partial charge in [0, 0.05) is 16.4 Å². The number of hydrogen-bond donors (Lipinski definition) is 1. The van der Waals surface area contributed by atoms with E-state index >= 15 is 0 Å². The maximum absolute atomic E-state index is 14.0. The lowest BCUT2D eigenvalue weighted by Gasteiger charge is -2.29. The minimum atomic E-state index is -1.06. The van der Waals surface area contributed by atoms with E-state index in [1.54, 1.807) is 6.92 Å². The third kappa shape index (κ3) is 2.16. The third-order valence-corrected chi connectivity index (χ3v) is 4.21. The zero-order valence-electron chi connectivity index (χ0n) is 9.47. The summed E-state index contributed by atoms with van der Waals surface area (Å²) in [6.45, 7) is 2.21. The van der Waals surface area contributed by atoms with E-state index in [9.17, 15) is 4.39 Å². The minimum absolute atomic E-state index is 0.162. The highest BCUT2D eigenvalue weighted by atomic mass is 79.9. The number of rotatable bonds is 2. The molecule has 2 N–H and O–H groups in total. The average Bonchev–Trinajstić information content (AvgIpc) is 2.57. The SMILES string of the molecule is CC1(F)CCC(CN)(c2ccc(Br)cc2)C1. The van der Waals surface area contributed by atoms with Gasteiger partial charge in [-0.1, -0.05) is 28.1 Å². The minimum Gasteiger partial charge on any atom is -0.330 e. The molecule has 0 amide bonds. The van der Waals surface area contributed by atoms with E-state index in [1.807, 2.05) is 12.1 Å². The summed E-state index contributed by atoms with van der Waals surface area (Å²) in [5.74, 6) is 0. The predicted octanol–water partition coefficient (Wildman–Crippen LogP) is 3.56. The van der Waals surface area contributed by atoms with Crippen LogP contribution in [0.2, 0.25) is 0 Å². The summed E-state index contributed by atoms with van der Waals surface area (Å²) in [6.07, 6.45) is 2.00. The first-order valence-electron chi connectivity index (χ1n) is 5.63. The molecule has 1 fully saturated rings. The van der Waals surface area contributed by atoms with Gasteiger partial charge in [-0.05, 0) is 43.9 Å². The van der Waals surface area contributed by atoms with Crippen LogP contribution in [0, 0.1) is 0 Å². The monoisotopic (exact) mass is 285 g/mol. The predicted molar refractivity (Wildman–Crippen MR) is 68.2 cm³/mol. The van der Waals surface area contributed by atoms with Crippen LogP contribution in [0.1, 0.15) is 31.7 Å². The van der Waals surface area contributed by atoms with Gasteiger partial charge in [-0.15, -0.1) is 0 Å². The van der Waals surface area contributed by atoms with Gasteiger partial charge in [-0.2, -0.15) is 0 Å². The van der Waals surface area contributed by atoms with Crippen LogP contribution >= 0.6 is 15.9 Å². The van der Waals surface area contributed by atoms with E-state index in [0.29, 0.717) is 19.4 Å². The van der Waals surface area contributed by atoms with Gasteiger partial charge in [0.05, 0.1) is 0 Å². The van der Waals surface area contributed by atoms with E-state index in [1.165, 1.54) is 5.56 Å². The van der Waals surface area contributed by atoms with Crippen molar-refractivity contribution < 1.29 is 4.39 Å². The van der Waals surface area contributed by atoms with Gasteiger partial charge < -0.3 is 5.73 Å². The highest BCUT2D eigenvalue weighted by molar-refractivity contribution is 9.10. The van der Waals surface area contributed by atoms with Crippen LogP contribution in [-0.4, -0.2) is 12.2 Å². The molecule has 1 aliphatic carbocycles. The average molecular weight is 286 g/mol. The first-order valence-corrected chi connectivity index (χ1v) is 6.42. The van der Waals surface area contributed by atoms with Gasteiger partial charge >= 0.3 is 0 Å². The summed E-state index contributed by atoms with van der Waals surface area (Å²) in [5.41, 5.74) is 5.82. The molecule has 0 heterocycles. The topological polar surface area (TPSA) is 26.0 Å². The molecule has 1 saturated carbocycles. The largest absolute Gasteiger partial charge is 0.330 e. The molecule has 88 valence electrons. The standard InChI is InChI=1S/C13H17BrFN/c1-12(15)6-7-13(8-12,9-16)10-2-4-11(14)5-3-10/h2-5H,6-9,16H2,1H3. The Morgan fingerprint density at radius 3 is 2.38 bits per heavy atom. The Kier molecular flexibility index (Phi) is 3.10. The van der Waals surface area contributed by atoms with Crippen molar-refractivity contribution in [1.82, 2.24) is 0 Å². The van der Waals surface area contributed by atoms with E-state index in [2.05, 4.69) is 28.1 Å². The Hall–Kier alpha value is -0.410. The highest BCUT2D eigenvalue weighted by Crippen LogP contribution is 2.47. The van der Waals surface area contributed by atoms with Crippen LogP contribution in [0.4, 0.5) is 4.39 Å². The summed E-state index contributed by atoms with van der Waals surface area (Å²) < 4.78 is 15.0. The zero-order chi connectivity index (χ0) is 11.8. The Balaban J connectivity index is 2.33. The first-order chi connectivity index (χ1) is 7.47. The second-order valence-electron chi connectivity index (χ2n) is 5.08. The fourth-order valence-electron chi connectivity index (χ4n) is 2.72. The fourth-order valence-corrected chi connectivity index (χ4v) is 2.99. The van der Waals surface area contributed by atoms with Crippen molar-refractivity contribution in [3.05, 3.63) is 34.3 Å². The molecule has 0 aromatic heterocycles. The highest BCUT2D eigenvalue weighted by Gasteiger charge is 2.46. The Morgan fingerprint density at radius 1 is 1.31 bits per heavy atom. The van der Waals surface area contributed by atoms with Gasteiger partial charge in [0.15, 0.2) is 0 Å². The van der Waals surface area contributed by atoms with Crippen LogP contribution in [0.3, 0.4) is 0 Å². The molecule has 1 aromatic rings. The molecule has 0 bridgehead atoms. The van der Waals surface area contributed by atoms with Crippen molar-refractivity contribution in [1.29, 1.82) is 0 Å². The molecular weight excluding hydrogens is 269 g/mol. The number of nitrogens with two attached hydrogens (primary N) is 1. The van der Waals surface area contributed by atoms with Crippen molar-refractivity contribution >= 4 is 15.9 Å². The normalized spacial score (nSPS) is 34.2. The lowest BCUT2D eigenvalue weighted by atomic mass is 9.78. The molecule has 2 unspecified atom stereocenters. The summed E-state index contributed by atoms with van der Waals surface area (Å²) >= 11 is 3.41. The maximum Gasteiger partial charge on any atom is 0.109 e. The second kappa shape index (κ2) is 4.11. The lowest BCUT2D eigenvalue weighted by Crippen LogP contribution is -2.34. The van der Waals surface area contributed by atoms with Crippen molar-refractivity contribution in [3.8, 4) is 0 Å². The molecular formula is C13H17BrFN. The molecule has 0 spiro atoms. The maximum atomic E-state index is 14.0. The molecule has 2 atom stereocenters. The summed E-state index contributed by atoms with van der Waals surface area (Å²) in [7, 11) is 0. The van der Waals surface area contributed by atoms with Crippen LogP contribution in [0.5, 0.6) is 0 Å². The smallest absolute Gasteiger partial charge is 0.109 e. The first kappa shape index (κ1) is 12.1. The molecule has 0 aliphatic heterocycles. The lowest BCUT2D eigenvalue weighted by molar-refractivity contribution is 0.187. The van der Waals surface area contributed by atoms with Crippen LogP contribution in [-0.2, 0) is 5.41 Å². The molecule has 2 rings (SSSR count). The number of halogens is 2. The van der Waals surface area contributed by atoms with Crippen LogP contribution < -0.4 is 5.73 Å². The molecule has 1 aliphatic rings. The summed E-state index contributed by atoms with van der Waals surface area (Å²) in [5, 5.41) is 0. The van der Waals surface area contributed by atoms with E-state index < -0.39 is 5.67 Å². The van der Waals surface area contributed by atoms with E-state index in [4.69, 9.17) is 5.73 Å². The molecule has 3 heteroatoms. The number of benzene rings is 1. The molecule has 0 saturated heterocycles. The van der Waals surface area contributed by atoms with Gasteiger partial charge in [-0.25, -0.2) is 4.39 Å². The molecule has 1 aromatic carbocycles. The van der Waals surface area contributed by atoms with Gasteiger partial charge in [0.1, 0.15) is 5.67 Å². The summed E-state index contributed by atoms with van der Waals surface area (Å²) in [4.78, 5) is 0. The second-order valence-corrected chi connectivity index (χ2v) is 6.00. The van der Waals surface area contributed by atoms with E-state index in [0.717, 1.165) is 10.9 Å². The van der Waals surface area contributed by atoms with Gasteiger partial charge in [-0.3, -0.25) is 0 Å². The molecule has 1 nitrogen and oxygen atoms in total. The quantitative estimate of drug-likeness (QED) is 0.884. The Bertz CT molecular complexity index is 374. The van der Waals surface area contributed by atoms with Gasteiger partial charge in [0.25, 0.3) is 0 Å². The third-order valence-electron chi connectivity index (χ3n) is 3.68. The van der Waals surface area contributed by atoms with Crippen LogP contribution in [0.25, 0.3) is 0 Å². The van der Waals surface area contributed by atoms with Crippen LogP contribution in [0.15, 0.2) is 28.7 Å².